The monoisotopic (exact) mass is 382 g/mol. The van der Waals surface area contributed by atoms with Crippen molar-refractivity contribution in [2.24, 2.45) is 0 Å². The van der Waals surface area contributed by atoms with Crippen molar-refractivity contribution in [1.29, 1.82) is 0 Å². The van der Waals surface area contributed by atoms with Crippen molar-refractivity contribution in [2.45, 2.75) is 40.0 Å². The summed E-state index contributed by atoms with van der Waals surface area (Å²) in [6.07, 6.45) is 4.11. The number of benzene rings is 1. The van der Waals surface area contributed by atoms with E-state index in [0.717, 1.165) is 35.4 Å². The van der Waals surface area contributed by atoms with Crippen molar-refractivity contribution in [3.8, 4) is 11.1 Å². The second-order valence-electron chi connectivity index (χ2n) is 6.68. The third-order valence-electron chi connectivity index (χ3n) is 4.50. The minimum absolute atomic E-state index is 0.0708. The van der Waals surface area contributed by atoms with E-state index in [1.54, 1.807) is 17.7 Å². The summed E-state index contributed by atoms with van der Waals surface area (Å²) in [5, 5.41) is 7.32. The quantitative estimate of drug-likeness (QED) is 0.555. The molecule has 3 rings (SSSR count). The SMILES string of the molecule is CCCCNC(=O)CCNc1ncnc2sc(C)c(-c3ccc(C)cc3)c12. The molecule has 5 nitrogen and oxygen atoms in total. The second kappa shape index (κ2) is 8.95. The molecule has 142 valence electrons. The molecule has 0 saturated heterocycles. The summed E-state index contributed by atoms with van der Waals surface area (Å²) in [5.41, 5.74) is 3.57. The number of nitrogens with one attached hydrogen (secondary N) is 2. The number of aryl methyl sites for hydroxylation is 2. The van der Waals surface area contributed by atoms with Crippen LogP contribution in [0.4, 0.5) is 5.82 Å². The number of anilines is 1. The molecule has 3 aromatic rings. The maximum Gasteiger partial charge on any atom is 0.221 e. The van der Waals surface area contributed by atoms with Gasteiger partial charge in [-0.2, -0.15) is 0 Å². The highest BCUT2D eigenvalue weighted by Crippen LogP contribution is 2.40. The summed E-state index contributed by atoms with van der Waals surface area (Å²) < 4.78 is 0. The normalized spacial score (nSPS) is 10.9. The number of hydrogen-bond acceptors (Lipinski definition) is 5. The number of aromatic nitrogens is 2. The Morgan fingerprint density at radius 3 is 2.63 bits per heavy atom. The van der Waals surface area contributed by atoms with Crippen molar-refractivity contribution in [3.05, 3.63) is 41.0 Å². The number of fused-ring (bicyclic) bond motifs is 1. The predicted molar refractivity (Wildman–Crippen MR) is 113 cm³/mol. The smallest absolute Gasteiger partial charge is 0.221 e. The lowest BCUT2D eigenvalue weighted by atomic mass is 10.0. The summed E-state index contributed by atoms with van der Waals surface area (Å²) in [5.74, 6) is 0.864. The number of carbonyl (C=O) groups excluding carboxylic acids is 1. The molecule has 0 aliphatic carbocycles. The molecule has 0 spiro atoms. The standard InChI is InChI=1S/C21H26N4OS/c1-4-5-11-22-17(26)10-12-23-20-19-18(16-8-6-14(2)7-9-16)15(3)27-21(19)25-13-24-20/h6-9,13H,4-5,10-12H2,1-3H3,(H,22,26)(H,23,24,25). The zero-order valence-electron chi connectivity index (χ0n) is 16.1. The molecule has 0 unspecified atom stereocenters. The Morgan fingerprint density at radius 2 is 1.89 bits per heavy atom. The topological polar surface area (TPSA) is 66.9 Å². The molecule has 0 fully saturated rings. The molecule has 2 heterocycles. The fourth-order valence-corrected chi connectivity index (χ4v) is 4.05. The third-order valence-corrected chi connectivity index (χ3v) is 5.51. The molecule has 1 aromatic carbocycles. The summed E-state index contributed by atoms with van der Waals surface area (Å²) in [7, 11) is 0. The van der Waals surface area contributed by atoms with Gasteiger partial charge in [0.2, 0.25) is 5.91 Å². The minimum atomic E-state index is 0.0708. The first-order valence-corrected chi connectivity index (χ1v) is 10.2. The van der Waals surface area contributed by atoms with Gasteiger partial charge in [0.15, 0.2) is 0 Å². The summed E-state index contributed by atoms with van der Waals surface area (Å²) >= 11 is 1.67. The molecule has 2 aromatic heterocycles. The number of carbonyl (C=O) groups is 1. The maximum absolute atomic E-state index is 11.9. The lowest BCUT2D eigenvalue weighted by molar-refractivity contribution is -0.120. The average molecular weight is 383 g/mol. The molecule has 2 N–H and O–H groups in total. The first kappa shape index (κ1) is 19.3. The van der Waals surface area contributed by atoms with E-state index in [-0.39, 0.29) is 5.91 Å². The predicted octanol–water partition coefficient (Wildman–Crippen LogP) is 4.69. The van der Waals surface area contributed by atoms with Crippen LogP contribution in [0.3, 0.4) is 0 Å². The van der Waals surface area contributed by atoms with Crippen LogP contribution in [0.5, 0.6) is 0 Å². The lowest BCUT2D eigenvalue weighted by Gasteiger charge is -2.09. The molecular formula is C21H26N4OS. The lowest BCUT2D eigenvalue weighted by Crippen LogP contribution is -2.26. The van der Waals surface area contributed by atoms with Crippen molar-refractivity contribution in [1.82, 2.24) is 15.3 Å². The van der Waals surface area contributed by atoms with Crippen molar-refractivity contribution in [2.75, 3.05) is 18.4 Å². The van der Waals surface area contributed by atoms with Gasteiger partial charge in [-0.1, -0.05) is 43.2 Å². The molecule has 0 aliphatic rings. The molecule has 6 heteroatoms. The Labute approximate surface area is 164 Å². The zero-order chi connectivity index (χ0) is 19.2. The molecule has 0 radical (unpaired) electrons. The molecular weight excluding hydrogens is 356 g/mol. The van der Waals surface area contributed by atoms with Crippen LogP contribution in [0.2, 0.25) is 0 Å². The van der Waals surface area contributed by atoms with Gasteiger partial charge in [0.1, 0.15) is 17.0 Å². The van der Waals surface area contributed by atoms with Crippen LogP contribution in [-0.2, 0) is 4.79 Å². The van der Waals surface area contributed by atoms with Crippen LogP contribution in [-0.4, -0.2) is 29.0 Å². The van der Waals surface area contributed by atoms with Gasteiger partial charge in [-0.05, 0) is 25.8 Å². The zero-order valence-corrected chi connectivity index (χ0v) is 16.9. The van der Waals surface area contributed by atoms with Crippen molar-refractivity contribution in [3.63, 3.8) is 0 Å². The summed E-state index contributed by atoms with van der Waals surface area (Å²) in [4.78, 5) is 23.0. The van der Waals surface area contributed by atoms with Gasteiger partial charge < -0.3 is 10.6 Å². The van der Waals surface area contributed by atoms with Gasteiger partial charge in [0.05, 0.1) is 5.39 Å². The van der Waals surface area contributed by atoms with Crippen molar-refractivity contribution >= 4 is 33.3 Å². The highest BCUT2D eigenvalue weighted by molar-refractivity contribution is 7.19. The molecule has 1 amide bonds. The number of hydrogen-bond donors (Lipinski definition) is 2. The maximum atomic E-state index is 11.9. The molecule has 0 aliphatic heterocycles. The summed E-state index contributed by atoms with van der Waals surface area (Å²) in [6.45, 7) is 7.61. The van der Waals surface area contributed by atoms with Gasteiger partial charge in [0.25, 0.3) is 0 Å². The van der Waals surface area contributed by atoms with E-state index >= 15 is 0 Å². The van der Waals surface area contributed by atoms with E-state index in [4.69, 9.17) is 0 Å². The molecule has 0 saturated carbocycles. The Hall–Kier alpha value is -2.47. The first-order chi connectivity index (χ1) is 13.1. The van der Waals surface area contributed by atoms with Crippen LogP contribution in [0, 0.1) is 13.8 Å². The number of nitrogens with zero attached hydrogens (tertiary/aromatic N) is 2. The highest BCUT2D eigenvalue weighted by Gasteiger charge is 2.16. The van der Waals surface area contributed by atoms with Gasteiger partial charge in [-0.3, -0.25) is 4.79 Å². The van der Waals surface area contributed by atoms with E-state index in [2.05, 4.69) is 65.6 Å². The fourth-order valence-electron chi connectivity index (χ4n) is 3.03. The first-order valence-electron chi connectivity index (χ1n) is 9.42. The van der Waals surface area contributed by atoms with Gasteiger partial charge >= 0.3 is 0 Å². The molecule has 0 atom stereocenters. The Morgan fingerprint density at radius 1 is 1.11 bits per heavy atom. The van der Waals surface area contributed by atoms with Crippen molar-refractivity contribution < 1.29 is 4.79 Å². The minimum Gasteiger partial charge on any atom is -0.369 e. The number of amides is 1. The number of thiophene rings is 1. The van der Waals surface area contributed by atoms with E-state index in [0.29, 0.717) is 13.0 Å². The average Bonchev–Trinajstić information content (AvgIpc) is 2.99. The number of rotatable bonds is 8. The second-order valence-corrected chi connectivity index (χ2v) is 7.89. The summed E-state index contributed by atoms with van der Waals surface area (Å²) in [6, 6.07) is 8.52. The Bertz CT molecular complexity index is 918. The fraction of sp³-hybridized carbons (Fsp3) is 0.381. The van der Waals surface area contributed by atoms with Crippen LogP contribution >= 0.6 is 11.3 Å². The van der Waals surface area contributed by atoms with Crippen LogP contribution in [0.1, 0.15) is 36.6 Å². The van der Waals surface area contributed by atoms with E-state index in [1.165, 1.54) is 21.6 Å². The van der Waals surface area contributed by atoms with E-state index in [1.807, 2.05) is 0 Å². The largest absolute Gasteiger partial charge is 0.369 e. The highest BCUT2D eigenvalue weighted by atomic mass is 32.1. The van der Waals surface area contributed by atoms with Crippen LogP contribution in [0.25, 0.3) is 21.3 Å². The molecule has 27 heavy (non-hydrogen) atoms. The van der Waals surface area contributed by atoms with E-state index in [9.17, 15) is 4.79 Å². The van der Waals surface area contributed by atoms with E-state index < -0.39 is 0 Å². The van der Waals surface area contributed by atoms with Crippen LogP contribution < -0.4 is 10.6 Å². The van der Waals surface area contributed by atoms with Gasteiger partial charge in [-0.15, -0.1) is 11.3 Å². The van der Waals surface area contributed by atoms with Gasteiger partial charge in [0, 0.05) is 30.0 Å². The third kappa shape index (κ3) is 4.63. The Balaban J connectivity index is 1.80. The number of unbranched alkanes of at least 4 members (excludes halogenated alkanes) is 1. The van der Waals surface area contributed by atoms with Gasteiger partial charge in [-0.25, -0.2) is 9.97 Å². The van der Waals surface area contributed by atoms with Crippen LogP contribution in [0.15, 0.2) is 30.6 Å². The Kier molecular flexibility index (Phi) is 6.40. The molecule has 0 bridgehead atoms.